The molecule has 0 spiro atoms. The van der Waals surface area contributed by atoms with Gasteiger partial charge in [-0.2, -0.15) is 0 Å². The molecule has 2 unspecified atom stereocenters. The third kappa shape index (κ3) is 5.56. The molecule has 1 aliphatic rings. The molecule has 2 nitrogen and oxygen atoms in total. The zero-order valence-electron chi connectivity index (χ0n) is 9.34. The fraction of sp³-hybridized carbons (Fsp3) is 0.600. The number of nitrogens with zero attached hydrogens (tertiary/aromatic N) is 1. The smallest absolute Gasteiger partial charge is 1.00 e. The molecule has 0 aromatic heterocycles. The molecule has 0 N–H and O–H groups in total. The number of hydrogen-bond acceptors (Lipinski definition) is 1. The number of rotatable bonds is 1. The van der Waals surface area contributed by atoms with Crippen LogP contribution >= 0.6 is 34.8 Å². The van der Waals surface area contributed by atoms with E-state index in [0.29, 0.717) is 0 Å². The van der Waals surface area contributed by atoms with E-state index in [2.05, 4.69) is 13.5 Å². The molecule has 7 heteroatoms. The van der Waals surface area contributed by atoms with Crippen LogP contribution in [0.2, 0.25) is 0 Å². The Balaban J connectivity index is 0. The molecule has 1 amide bonds. The van der Waals surface area contributed by atoms with Gasteiger partial charge >= 0.3 is 27.7 Å². The monoisotopic (exact) mass is 549 g/mol. The number of alkyl halides is 3. The number of amides is 1. The third-order valence-corrected chi connectivity index (χ3v) is 3.02. The molecule has 1 fully saturated rings. The van der Waals surface area contributed by atoms with Gasteiger partial charge in [0.1, 0.15) is 0 Å². The molecule has 1 rings (SSSR count). The van der Waals surface area contributed by atoms with E-state index in [9.17, 15) is 4.79 Å². The minimum Gasteiger partial charge on any atom is -1.00 e. The SMILES string of the molecule is [Br-].[CH2]C1CCCC(C=C)N1C(=O)C(Cl)(Cl)Cl.[Hg+]. The van der Waals surface area contributed by atoms with Gasteiger partial charge in [-0.25, -0.2) is 0 Å². The topological polar surface area (TPSA) is 20.3 Å². The Bertz CT molecular complexity index is 273. The van der Waals surface area contributed by atoms with Gasteiger partial charge in [0.2, 0.25) is 0 Å². The van der Waals surface area contributed by atoms with Crippen molar-refractivity contribution >= 4 is 40.7 Å². The normalized spacial score (nSPS) is 24.4. The van der Waals surface area contributed by atoms with Crippen LogP contribution in [0.15, 0.2) is 12.7 Å². The van der Waals surface area contributed by atoms with Crippen molar-refractivity contribution in [3.05, 3.63) is 19.6 Å². The summed E-state index contributed by atoms with van der Waals surface area (Å²) < 4.78 is -1.91. The standard InChI is InChI=1S/C10H13Cl3NO.BrH.Hg/c1-3-8-6-4-5-7(2)14(8)9(15)10(11,12)13;;/h3,7-8H,1-2,4-6H2;1H;/q;;+1/p-1. The van der Waals surface area contributed by atoms with E-state index >= 15 is 0 Å². The van der Waals surface area contributed by atoms with Crippen LogP contribution in [-0.2, 0) is 32.5 Å². The van der Waals surface area contributed by atoms with Crippen molar-refractivity contribution in [1.29, 1.82) is 0 Å². The van der Waals surface area contributed by atoms with Gasteiger partial charge in [0.05, 0.1) is 6.04 Å². The van der Waals surface area contributed by atoms with Crippen LogP contribution in [-0.4, -0.2) is 26.7 Å². The quantitative estimate of drug-likeness (QED) is 0.259. The summed E-state index contributed by atoms with van der Waals surface area (Å²) in [5.74, 6) is -0.517. The molecule has 0 saturated carbocycles. The second-order valence-corrected chi connectivity index (χ2v) is 5.88. The summed E-state index contributed by atoms with van der Waals surface area (Å²) in [7, 11) is 0. The van der Waals surface area contributed by atoms with Gasteiger partial charge in [-0.05, 0) is 26.2 Å². The number of carbonyl (C=O) groups is 1. The van der Waals surface area contributed by atoms with Crippen LogP contribution in [0.3, 0.4) is 0 Å². The first-order chi connectivity index (χ1) is 6.88. The zero-order chi connectivity index (χ0) is 11.6. The molecule has 0 aromatic rings. The zero-order valence-corrected chi connectivity index (χ0v) is 18.7. The Morgan fingerprint density at radius 1 is 1.35 bits per heavy atom. The van der Waals surface area contributed by atoms with E-state index in [-0.39, 0.29) is 56.7 Å². The predicted octanol–water partition coefficient (Wildman–Crippen LogP) is 0.128. The van der Waals surface area contributed by atoms with Crippen LogP contribution < -0.4 is 17.0 Å². The summed E-state index contributed by atoms with van der Waals surface area (Å²) in [6, 6.07) is -0.228. The summed E-state index contributed by atoms with van der Waals surface area (Å²) >= 11 is 16.7. The van der Waals surface area contributed by atoms with E-state index in [1.807, 2.05) is 0 Å². The van der Waals surface area contributed by atoms with E-state index in [0.717, 1.165) is 19.3 Å². The van der Waals surface area contributed by atoms with E-state index in [1.54, 1.807) is 6.08 Å². The summed E-state index contributed by atoms with van der Waals surface area (Å²) in [4.78, 5) is 13.4. The molecule has 1 saturated heterocycles. The fourth-order valence-corrected chi connectivity index (χ4v) is 2.10. The summed E-state index contributed by atoms with van der Waals surface area (Å²) in [5, 5.41) is 0. The van der Waals surface area contributed by atoms with E-state index in [1.165, 1.54) is 4.90 Å². The Hall–Kier alpha value is 1.50. The van der Waals surface area contributed by atoms with Gasteiger partial charge in [-0.3, -0.25) is 4.79 Å². The minimum atomic E-state index is -1.91. The molecular weight excluding hydrogens is 537 g/mol. The molecule has 2 radical (unpaired) electrons. The first kappa shape index (κ1) is 20.8. The molecule has 0 aliphatic carbocycles. The fourth-order valence-electron chi connectivity index (χ4n) is 1.81. The van der Waals surface area contributed by atoms with Crippen molar-refractivity contribution in [2.45, 2.75) is 35.1 Å². The van der Waals surface area contributed by atoms with Crippen molar-refractivity contribution in [2.24, 2.45) is 0 Å². The molecular formula is C10H13BrCl3HgNO. The molecule has 94 valence electrons. The molecule has 2 atom stereocenters. The maximum Gasteiger partial charge on any atom is 1.00 e. The van der Waals surface area contributed by atoms with Gasteiger partial charge in [0.25, 0.3) is 9.70 Å². The number of piperidine rings is 1. The third-order valence-electron chi connectivity index (χ3n) is 2.54. The Morgan fingerprint density at radius 3 is 2.29 bits per heavy atom. The number of halogens is 4. The van der Waals surface area contributed by atoms with Crippen molar-refractivity contribution in [2.75, 3.05) is 0 Å². The van der Waals surface area contributed by atoms with E-state index in [4.69, 9.17) is 34.8 Å². The Morgan fingerprint density at radius 2 is 1.88 bits per heavy atom. The van der Waals surface area contributed by atoms with Crippen molar-refractivity contribution in [1.82, 2.24) is 4.90 Å². The molecule has 17 heavy (non-hydrogen) atoms. The summed E-state index contributed by atoms with van der Waals surface area (Å²) in [5.41, 5.74) is 0. The maximum absolute atomic E-state index is 11.8. The van der Waals surface area contributed by atoms with Crippen molar-refractivity contribution in [3.63, 3.8) is 0 Å². The van der Waals surface area contributed by atoms with Crippen molar-refractivity contribution < 1.29 is 49.4 Å². The molecule has 1 heterocycles. The number of carbonyl (C=O) groups excluding carboxylic acids is 1. The molecule has 1 aliphatic heterocycles. The second-order valence-electron chi connectivity index (χ2n) is 3.60. The van der Waals surface area contributed by atoms with Gasteiger partial charge in [0, 0.05) is 6.04 Å². The van der Waals surface area contributed by atoms with Crippen LogP contribution in [0.5, 0.6) is 0 Å². The largest absolute Gasteiger partial charge is 1.00 e. The molecule has 0 bridgehead atoms. The summed E-state index contributed by atoms with van der Waals surface area (Å²) in [6.07, 6.45) is 4.39. The number of likely N-dealkylation sites (tertiary alicyclic amines) is 1. The minimum absolute atomic E-state index is 0. The van der Waals surface area contributed by atoms with E-state index < -0.39 is 9.70 Å². The van der Waals surface area contributed by atoms with Gasteiger partial charge in [-0.15, -0.1) is 6.58 Å². The average Bonchev–Trinajstić information content (AvgIpc) is 2.15. The van der Waals surface area contributed by atoms with Crippen molar-refractivity contribution in [3.8, 4) is 0 Å². The Kier molecular flexibility index (Phi) is 10.6. The van der Waals surface area contributed by atoms with Crippen LogP contribution in [0.25, 0.3) is 0 Å². The van der Waals surface area contributed by atoms with Crippen LogP contribution in [0.4, 0.5) is 0 Å². The van der Waals surface area contributed by atoms with Crippen LogP contribution in [0, 0.1) is 6.92 Å². The van der Waals surface area contributed by atoms with Gasteiger partial charge < -0.3 is 21.9 Å². The average molecular weight is 550 g/mol. The second kappa shape index (κ2) is 8.62. The summed E-state index contributed by atoms with van der Waals surface area (Å²) in [6.45, 7) is 7.58. The van der Waals surface area contributed by atoms with Crippen LogP contribution in [0.1, 0.15) is 19.3 Å². The molecule has 0 aromatic carbocycles. The first-order valence-corrected chi connectivity index (χ1v) is 5.86. The van der Waals surface area contributed by atoms with Gasteiger partial charge in [0.15, 0.2) is 0 Å². The first-order valence-electron chi connectivity index (χ1n) is 4.73. The number of hydrogen-bond donors (Lipinski definition) is 0. The maximum atomic E-state index is 11.8. The predicted molar refractivity (Wildman–Crippen MR) is 64.1 cm³/mol. The Labute approximate surface area is 148 Å². The van der Waals surface area contributed by atoms with Gasteiger partial charge in [-0.1, -0.05) is 40.9 Å².